The molecule has 0 unspecified atom stereocenters. The zero-order valence-corrected chi connectivity index (χ0v) is 16.3. The van der Waals surface area contributed by atoms with Crippen molar-refractivity contribution in [2.75, 3.05) is 39.5 Å². The van der Waals surface area contributed by atoms with Crippen molar-refractivity contribution in [2.24, 2.45) is 10.9 Å². The van der Waals surface area contributed by atoms with Gasteiger partial charge in [0, 0.05) is 40.2 Å². The molecule has 1 saturated heterocycles. The number of nitrogens with zero attached hydrogens (tertiary/aromatic N) is 2. The molecule has 1 amide bonds. The van der Waals surface area contributed by atoms with Gasteiger partial charge in [-0.1, -0.05) is 18.2 Å². The molecule has 26 heavy (non-hydrogen) atoms. The minimum absolute atomic E-state index is 0.0170. The summed E-state index contributed by atoms with van der Waals surface area (Å²) < 4.78 is 24.6. The predicted octanol–water partition coefficient (Wildman–Crippen LogP) is 0.884. The summed E-state index contributed by atoms with van der Waals surface area (Å²) in [5.41, 5.74) is 0. The zero-order chi connectivity index (χ0) is 19.0. The highest BCUT2D eigenvalue weighted by Crippen LogP contribution is 2.20. The van der Waals surface area contributed by atoms with Crippen LogP contribution in [0.4, 0.5) is 0 Å². The standard InChI is InChI=1S/C18H28N4O3S/c1-19-17(23)14-15-8-11-22(12-9-15)18(20-2)21-10-13-26(24,25)16-6-4-3-5-7-16/h3-7,15H,8-14H2,1-2H3,(H,19,23)(H,20,21). The van der Waals surface area contributed by atoms with Crippen LogP contribution in [0.15, 0.2) is 40.2 Å². The zero-order valence-electron chi connectivity index (χ0n) is 15.4. The van der Waals surface area contributed by atoms with Crippen LogP contribution in [-0.2, 0) is 14.6 Å². The first-order chi connectivity index (χ1) is 12.5. The Hall–Kier alpha value is -2.09. The topological polar surface area (TPSA) is 90.9 Å². The highest BCUT2D eigenvalue weighted by atomic mass is 32.2. The number of hydrogen-bond acceptors (Lipinski definition) is 4. The number of likely N-dealkylation sites (tertiary alicyclic amines) is 1. The molecule has 1 fully saturated rings. The van der Waals surface area contributed by atoms with Gasteiger partial charge in [0.15, 0.2) is 15.8 Å². The van der Waals surface area contributed by atoms with E-state index in [1.165, 1.54) is 0 Å². The summed E-state index contributed by atoms with van der Waals surface area (Å²) in [6.45, 7) is 1.93. The average molecular weight is 381 g/mol. The second kappa shape index (κ2) is 9.56. The highest BCUT2D eigenvalue weighted by Gasteiger charge is 2.23. The first-order valence-electron chi connectivity index (χ1n) is 8.90. The summed E-state index contributed by atoms with van der Waals surface area (Å²) in [6, 6.07) is 8.47. The smallest absolute Gasteiger partial charge is 0.220 e. The lowest BCUT2D eigenvalue weighted by Crippen LogP contribution is -2.47. The number of sulfone groups is 1. The molecule has 2 rings (SSSR count). The monoisotopic (exact) mass is 380 g/mol. The SMILES string of the molecule is CN=C(NCCS(=O)(=O)c1ccccc1)N1CCC(CC(=O)NC)CC1. The molecule has 1 aromatic rings. The van der Waals surface area contributed by atoms with Crippen molar-refractivity contribution in [3.8, 4) is 0 Å². The van der Waals surface area contributed by atoms with E-state index in [0.717, 1.165) is 25.9 Å². The normalized spacial score (nSPS) is 16.4. The quantitative estimate of drug-likeness (QED) is 0.565. The molecule has 7 nitrogen and oxygen atoms in total. The third-order valence-electron chi connectivity index (χ3n) is 4.64. The Labute approximate surface area is 155 Å². The van der Waals surface area contributed by atoms with Gasteiger partial charge in [-0.2, -0.15) is 0 Å². The van der Waals surface area contributed by atoms with Gasteiger partial charge in [-0.05, 0) is 30.9 Å². The van der Waals surface area contributed by atoms with Crippen LogP contribution in [-0.4, -0.2) is 64.7 Å². The largest absolute Gasteiger partial charge is 0.359 e. The molecule has 2 N–H and O–H groups in total. The van der Waals surface area contributed by atoms with Gasteiger partial charge in [-0.25, -0.2) is 8.42 Å². The Balaban J connectivity index is 1.81. The van der Waals surface area contributed by atoms with Gasteiger partial charge in [-0.3, -0.25) is 9.79 Å². The van der Waals surface area contributed by atoms with Crippen LogP contribution in [0.2, 0.25) is 0 Å². The van der Waals surface area contributed by atoms with Gasteiger partial charge in [-0.15, -0.1) is 0 Å². The molecule has 8 heteroatoms. The fourth-order valence-electron chi connectivity index (χ4n) is 3.09. The molecule has 0 saturated carbocycles. The van der Waals surface area contributed by atoms with Crippen LogP contribution >= 0.6 is 0 Å². The Bertz CT molecular complexity index is 711. The molecule has 1 aliphatic rings. The van der Waals surface area contributed by atoms with E-state index in [9.17, 15) is 13.2 Å². The van der Waals surface area contributed by atoms with Gasteiger partial charge < -0.3 is 15.5 Å². The number of aliphatic imine (C=N–C) groups is 1. The van der Waals surface area contributed by atoms with Crippen LogP contribution in [0.3, 0.4) is 0 Å². The molecule has 0 aromatic heterocycles. The van der Waals surface area contributed by atoms with Crippen LogP contribution in [0.5, 0.6) is 0 Å². The van der Waals surface area contributed by atoms with Crippen molar-refractivity contribution in [3.63, 3.8) is 0 Å². The maximum absolute atomic E-state index is 12.3. The van der Waals surface area contributed by atoms with Crippen molar-refractivity contribution in [1.29, 1.82) is 0 Å². The molecule has 0 bridgehead atoms. The maximum atomic E-state index is 12.3. The molecule has 1 aliphatic heterocycles. The summed E-state index contributed by atoms with van der Waals surface area (Å²) in [5.74, 6) is 1.20. The van der Waals surface area contributed by atoms with Crippen molar-refractivity contribution in [3.05, 3.63) is 30.3 Å². The van der Waals surface area contributed by atoms with Gasteiger partial charge in [0.1, 0.15) is 0 Å². The Morgan fingerprint density at radius 3 is 2.46 bits per heavy atom. The van der Waals surface area contributed by atoms with Gasteiger partial charge in [0.05, 0.1) is 10.6 Å². The third-order valence-corrected chi connectivity index (χ3v) is 6.37. The van der Waals surface area contributed by atoms with Crippen molar-refractivity contribution < 1.29 is 13.2 Å². The lowest BCUT2D eigenvalue weighted by Gasteiger charge is -2.34. The summed E-state index contributed by atoms with van der Waals surface area (Å²) in [7, 11) is 0.0580. The Kier molecular flexibility index (Phi) is 7.44. The van der Waals surface area contributed by atoms with Crippen LogP contribution in [0, 0.1) is 5.92 Å². The molecular weight excluding hydrogens is 352 g/mol. The highest BCUT2D eigenvalue weighted by molar-refractivity contribution is 7.91. The Morgan fingerprint density at radius 1 is 1.23 bits per heavy atom. The summed E-state index contributed by atoms with van der Waals surface area (Å²) >= 11 is 0. The number of hydrogen-bond donors (Lipinski definition) is 2. The summed E-state index contributed by atoms with van der Waals surface area (Å²) in [6.07, 6.45) is 2.42. The number of rotatable bonds is 6. The fourth-order valence-corrected chi connectivity index (χ4v) is 4.27. The summed E-state index contributed by atoms with van der Waals surface area (Å²) in [4.78, 5) is 18.2. The second-order valence-electron chi connectivity index (χ2n) is 6.41. The van der Waals surface area contributed by atoms with Crippen LogP contribution in [0.25, 0.3) is 0 Å². The number of piperidine rings is 1. The average Bonchev–Trinajstić information content (AvgIpc) is 2.66. The molecule has 144 valence electrons. The van der Waals surface area contributed by atoms with E-state index in [4.69, 9.17) is 0 Å². The van der Waals surface area contributed by atoms with Crippen molar-refractivity contribution in [2.45, 2.75) is 24.2 Å². The van der Waals surface area contributed by atoms with Gasteiger partial charge >= 0.3 is 0 Å². The van der Waals surface area contributed by atoms with Gasteiger partial charge in [0.2, 0.25) is 5.91 Å². The molecular formula is C18H28N4O3S. The van der Waals surface area contributed by atoms with E-state index in [2.05, 4.69) is 20.5 Å². The number of guanidine groups is 1. The molecule has 1 heterocycles. The molecule has 0 spiro atoms. The lowest BCUT2D eigenvalue weighted by atomic mass is 9.93. The van der Waals surface area contributed by atoms with E-state index >= 15 is 0 Å². The predicted molar refractivity (Wildman–Crippen MR) is 103 cm³/mol. The fraction of sp³-hybridized carbons (Fsp3) is 0.556. The maximum Gasteiger partial charge on any atom is 0.220 e. The lowest BCUT2D eigenvalue weighted by molar-refractivity contribution is -0.121. The summed E-state index contributed by atoms with van der Waals surface area (Å²) in [5, 5.41) is 5.82. The number of amides is 1. The minimum atomic E-state index is -3.30. The first kappa shape index (κ1) is 20.2. The molecule has 1 aromatic carbocycles. The Morgan fingerprint density at radius 2 is 1.88 bits per heavy atom. The second-order valence-corrected chi connectivity index (χ2v) is 8.52. The number of carbonyl (C=O) groups is 1. The van der Waals surface area contributed by atoms with Crippen LogP contribution < -0.4 is 10.6 Å². The molecule has 0 aliphatic carbocycles. The van der Waals surface area contributed by atoms with E-state index in [1.54, 1.807) is 44.4 Å². The van der Waals surface area contributed by atoms with E-state index in [0.29, 0.717) is 29.7 Å². The van der Waals surface area contributed by atoms with Gasteiger partial charge in [0.25, 0.3) is 0 Å². The first-order valence-corrected chi connectivity index (χ1v) is 10.6. The van der Waals surface area contributed by atoms with E-state index in [1.807, 2.05) is 0 Å². The minimum Gasteiger partial charge on any atom is -0.359 e. The molecule has 0 atom stereocenters. The number of benzene rings is 1. The third kappa shape index (κ3) is 5.72. The number of carbonyl (C=O) groups excluding carboxylic acids is 1. The van der Waals surface area contributed by atoms with E-state index in [-0.39, 0.29) is 11.7 Å². The van der Waals surface area contributed by atoms with Crippen LogP contribution in [0.1, 0.15) is 19.3 Å². The molecule has 0 radical (unpaired) electrons. The number of nitrogens with one attached hydrogen (secondary N) is 2. The van der Waals surface area contributed by atoms with Crippen molar-refractivity contribution in [1.82, 2.24) is 15.5 Å². The van der Waals surface area contributed by atoms with Crippen molar-refractivity contribution >= 4 is 21.7 Å². The van der Waals surface area contributed by atoms with E-state index < -0.39 is 9.84 Å².